The Morgan fingerprint density at radius 3 is 2.60 bits per heavy atom. The fourth-order valence-corrected chi connectivity index (χ4v) is 2.91. The molecular weight excluding hydrogens is 280 g/mol. The van der Waals surface area contributed by atoms with Gasteiger partial charge in [-0.05, 0) is 19.1 Å². The molecule has 1 fully saturated rings. The normalized spacial score (nSPS) is 15.7. The third-order valence-corrected chi connectivity index (χ3v) is 4.17. The Labute approximate surface area is 120 Å². The molecule has 2 heterocycles. The van der Waals surface area contributed by atoms with E-state index in [4.69, 9.17) is 5.84 Å². The number of nitrogen functional groups attached to an aromatic ring is 1. The van der Waals surface area contributed by atoms with E-state index in [-0.39, 0.29) is 30.8 Å². The Bertz CT molecular complexity index is 543. The van der Waals surface area contributed by atoms with Crippen molar-refractivity contribution in [3.8, 4) is 0 Å². The summed E-state index contributed by atoms with van der Waals surface area (Å²) in [6.07, 6.45) is 0. The van der Waals surface area contributed by atoms with Gasteiger partial charge in [0.25, 0.3) is 5.91 Å². The number of hydrogen-bond acceptors (Lipinski definition) is 5. The van der Waals surface area contributed by atoms with E-state index in [2.05, 4.69) is 5.43 Å². The molecule has 0 aromatic carbocycles. The van der Waals surface area contributed by atoms with Crippen LogP contribution in [-0.2, 0) is 16.1 Å². The van der Waals surface area contributed by atoms with Gasteiger partial charge in [-0.3, -0.25) is 19.8 Å². The molecule has 3 amide bonds. The molecule has 3 N–H and O–H groups in total. The standard InChI is InChI=1S/C12H16N4O3S/c1-2-15-6-11(18)16(7-10(15)17)5-8-3-4-9(20-8)12(19)14-13/h3-4H,2,5-7,13H2,1H3,(H,14,19). The number of amides is 3. The van der Waals surface area contributed by atoms with Crippen LogP contribution in [0.4, 0.5) is 0 Å². The van der Waals surface area contributed by atoms with Gasteiger partial charge < -0.3 is 9.80 Å². The van der Waals surface area contributed by atoms with Gasteiger partial charge in [0.05, 0.1) is 18.0 Å². The summed E-state index contributed by atoms with van der Waals surface area (Å²) >= 11 is 1.26. The van der Waals surface area contributed by atoms with Gasteiger partial charge >= 0.3 is 0 Å². The van der Waals surface area contributed by atoms with E-state index in [1.54, 1.807) is 12.1 Å². The summed E-state index contributed by atoms with van der Waals surface area (Å²) in [6.45, 7) is 2.93. The fraction of sp³-hybridized carbons (Fsp3) is 0.417. The predicted octanol–water partition coefficient (Wildman–Crippen LogP) is -0.458. The molecular formula is C12H16N4O3S. The first kappa shape index (κ1) is 14.5. The van der Waals surface area contributed by atoms with Crippen molar-refractivity contribution in [1.29, 1.82) is 0 Å². The van der Waals surface area contributed by atoms with Crippen molar-refractivity contribution in [2.24, 2.45) is 5.84 Å². The zero-order valence-electron chi connectivity index (χ0n) is 11.1. The van der Waals surface area contributed by atoms with Gasteiger partial charge in [-0.15, -0.1) is 11.3 Å². The summed E-state index contributed by atoms with van der Waals surface area (Å²) < 4.78 is 0. The zero-order chi connectivity index (χ0) is 14.7. The number of piperazine rings is 1. The highest BCUT2D eigenvalue weighted by Gasteiger charge is 2.29. The molecule has 1 aliphatic heterocycles. The molecule has 0 unspecified atom stereocenters. The second-order valence-electron chi connectivity index (χ2n) is 4.40. The number of rotatable bonds is 4. The second kappa shape index (κ2) is 6.02. The first-order valence-electron chi connectivity index (χ1n) is 6.20. The van der Waals surface area contributed by atoms with Crippen molar-refractivity contribution in [2.45, 2.75) is 13.5 Å². The lowest BCUT2D eigenvalue weighted by Crippen LogP contribution is -2.53. The van der Waals surface area contributed by atoms with Crippen LogP contribution in [0, 0.1) is 0 Å². The van der Waals surface area contributed by atoms with Crippen molar-refractivity contribution >= 4 is 29.1 Å². The lowest BCUT2D eigenvalue weighted by molar-refractivity contribution is -0.150. The van der Waals surface area contributed by atoms with Crippen LogP contribution in [0.25, 0.3) is 0 Å². The summed E-state index contributed by atoms with van der Waals surface area (Å²) in [5.74, 6) is 4.57. The highest BCUT2D eigenvalue weighted by atomic mass is 32.1. The maximum atomic E-state index is 11.9. The maximum Gasteiger partial charge on any atom is 0.275 e. The Kier molecular flexibility index (Phi) is 4.35. The van der Waals surface area contributed by atoms with E-state index in [1.165, 1.54) is 21.1 Å². The molecule has 0 spiro atoms. The number of carbonyl (C=O) groups is 3. The number of nitrogens with zero attached hydrogens (tertiary/aromatic N) is 2. The molecule has 1 saturated heterocycles. The number of thiophene rings is 1. The average Bonchev–Trinajstić information content (AvgIpc) is 2.90. The minimum absolute atomic E-state index is 0.0522. The first-order chi connectivity index (χ1) is 9.55. The molecule has 0 bridgehead atoms. The van der Waals surface area contributed by atoms with Crippen molar-refractivity contribution in [3.05, 3.63) is 21.9 Å². The molecule has 20 heavy (non-hydrogen) atoms. The molecule has 0 atom stereocenters. The lowest BCUT2D eigenvalue weighted by Gasteiger charge is -2.32. The van der Waals surface area contributed by atoms with Crippen LogP contribution in [0.5, 0.6) is 0 Å². The van der Waals surface area contributed by atoms with Crippen molar-refractivity contribution in [1.82, 2.24) is 15.2 Å². The number of nitrogens with one attached hydrogen (secondary N) is 1. The molecule has 8 heteroatoms. The summed E-state index contributed by atoms with van der Waals surface area (Å²) in [5.41, 5.74) is 2.06. The van der Waals surface area contributed by atoms with E-state index in [0.717, 1.165) is 4.88 Å². The van der Waals surface area contributed by atoms with Crippen LogP contribution < -0.4 is 11.3 Å². The number of hydrogen-bond donors (Lipinski definition) is 2. The topological polar surface area (TPSA) is 95.7 Å². The van der Waals surface area contributed by atoms with Crippen LogP contribution in [-0.4, -0.2) is 47.2 Å². The van der Waals surface area contributed by atoms with Crippen molar-refractivity contribution in [2.75, 3.05) is 19.6 Å². The Morgan fingerprint density at radius 1 is 1.30 bits per heavy atom. The lowest BCUT2D eigenvalue weighted by atomic mass is 10.2. The quantitative estimate of drug-likeness (QED) is 0.446. The van der Waals surface area contributed by atoms with E-state index in [9.17, 15) is 14.4 Å². The summed E-state index contributed by atoms with van der Waals surface area (Å²) in [6, 6.07) is 3.41. The van der Waals surface area contributed by atoms with Crippen LogP contribution >= 0.6 is 11.3 Å². The Morgan fingerprint density at radius 2 is 1.95 bits per heavy atom. The molecule has 1 aromatic rings. The van der Waals surface area contributed by atoms with E-state index in [1.807, 2.05) is 6.92 Å². The summed E-state index contributed by atoms with van der Waals surface area (Å²) in [5, 5.41) is 0. The first-order valence-corrected chi connectivity index (χ1v) is 7.02. The van der Waals surface area contributed by atoms with Gasteiger partial charge in [0.15, 0.2) is 0 Å². The van der Waals surface area contributed by atoms with Gasteiger partial charge in [0, 0.05) is 11.4 Å². The van der Waals surface area contributed by atoms with Crippen LogP contribution in [0.3, 0.4) is 0 Å². The molecule has 1 aliphatic rings. The Balaban J connectivity index is 2.03. The van der Waals surface area contributed by atoms with Crippen LogP contribution in [0.15, 0.2) is 12.1 Å². The van der Waals surface area contributed by atoms with Gasteiger partial charge in [0.2, 0.25) is 11.8 Å². The fourth-order valence-electron chi connectivity index (χ4n) is 1.98. The van der Waals surface area contributed by atoms with E-state index < -0.39 is 0 Å². The van der Waals surface area contributed by atoms with Gasteiger partial charge in [-0.2, -0.15) is 0 Å². The van der Waals surface area contributed by atoms with Crippen LogP contribution in [0.1, 0.15) is 21.5 Å². The van der Waals surface area contributed by atoms with Gasteiger partial charge in [-0.25, -0.2) is 5.84 Å². The summed E-state index contributed by atoms with van der Waals surface area (Å²) in [7, 11) is 0. The molecule has 2 rings (SSSR count). The highest BCUT2D eigenvalue weighted by molar-refractivity contribution is 7.14. The molecule has 0 saturated carbocycles. The minimum Gasteiger partial charge on any atom is -0.332 e. The minimum atomic E-state index is -0.362. The molecule has 0 radical (unpaired) electrons. The number of hydrazine groups is 1. The van der Waals surface area contributed by atoms with Crippen molar-refractivity contribution in [3.63, 3.8) is 0 Å². The monoisotopic (exact) mass is 296 g/mol. The molecule has 108 valence electrons. The SMILES string of the molecule is CCN1CC(=O)N(Cc2ccc(C(=O)NN)s2)CC1=O. The summed E-state index contributed by atoms with van der Waals surface area (Å²) in [4.78, 5) is 39.4. The third kappa shape index (κ3) is 2.97. The van der Waals surface area contributed by atoms with Crippen molar-refractivity contribution < 1.29 is 14.4 Å². The number of carbonyl (C=O) groups excluding carboxylic acids is 3. The molecule has 1 aromatic heterocycles. The van der Waals surface area contributed by atoms with Gasteiger partial charge in [0.1, 0.15) is 6.54 Å². The predicted molar refractivity (Wildman–Crippen MR) is 73.6 cm³/mol. The second-order valence-corrected chi connectivity index (χ2v) is 5.57. The zero-order valence-corrected chi connectivity index (χ0v) is 11.9. The number of nitrogens with two attached hydrogens (primary N) is 1. The van der Waals surface area contributed by atoms with E-state index >= 15 is 0 Å². The van der Waals surface area contributed by atoms with Crippen LogP contribution in [0.2, 0.25) is 0 Å². The largest absolute Gasteiger partial charge is 0.332 e. The highest BCUT2D eigenvalue weighted by Crippen LogP contribution is 2.19. The van der Waals surface area contributed by atoms with Gasteiger partial charge in [-0.1, -0.05) is 0 Å². The molecule has 0 aliphatic carbocycles. The average molecular weight is 296 g/mol. The third-order valence-electron chi connectivity index (χ3n) is 3.10. The maximum absolute atomic E-state index is 11.9. The Hall–Kier alpha value is -1.93. The number of likely N-dealkylation sites (N-methyl/N-ethyl adjacent to an activating group) is 1. The smallest absolute Gasteiger partial charge is 0.275 e. The van der Waals surface area contributed by atoms with E-state index in [0.29, 0.717) is 18.0 Å². The molecule has 7 nitrogen and oxygen atoms in total.